The predicted molar refractivity (Wildman–Crippen MR) is 81.2 cm³/mol. The number of benzene rings is 1. The van der Waals surface area contributed by atoms with Gasteiger partial charge in [0.2, 0.25) is 0 Å². The zero-order valence-corrected chi connectivity index (χ0v) is 12.4. The summed E-state index contributed by atoms with van der Waals surface area (Å²) in [5.41, 5.74) is 0.432. The Bertz CT molecular complexity index is 581. The lowest BCUT2D eigenvalue weighted by molar-refractivity contribution is 0.0942. The van der Waals surface area contributed by atoms with Crippen LogP contribution in [0.3, 0.4) is 0 Å². The molecule has 112 valence electrons. The molecule has 0 saturated carbocycles. The van der Waals surface area contributed by atoms with E-state index < -0.39 is 0 Å². The van der Waals surface area contributed by atoms with Gasteiger partial charge in [0.1, 0.15) is 23.8 Å². The fraction of sp³-hybridized carbons (Fsp3) is 0.267. The summed E-state index contributed by atoms with van der Waals surface area (Å²) in [5.74, 6) is 1.33. The molecule has 5 nitrogen and oxygen atoms in total. The summed E-state index contributed by atoms with van der Waals surface area (Å²) in [7, 11) is 0. The molecule has 0 fully saturated rings. The number of ether oxygens (including phenoxy) is 2. The Morgan fingerprint density at radius 3 is 2.48 bits per heavy atom. The summed E-state index contributed by atoms with van der Waals surface area (Å²) in [6.45, 7) is 3.36. The van der Waals surface area contributed by atoms with Crippen LogP contribution in [-0.2, 0) is 0 Å². The number of amides is 1. The number of H-pyrrole nitrogens is 1. The number of rotatable bonds is 7. The molecule has 0 saturated heterocycles. The number of carbonyl (C=O) groups is 1. The van der Waals surface area contributed by atoms with Crippen molar-refractivity contribution in [3.63, 3.8) is 0 Å². The minimum atomic E-state index is -0.211. The maximum atomic E-state index is 11.7. The highest BCUT2D eigenvalue weighted by Crippen LogP contribution is 2.17. The molecule has 1 aromatic heterocycles. The van der Waals surface area contributed by atoms with Gasteiger partial charge in [-0.15, -0.1) is 0 Å². The summed E-state index contributed by atoms with van der Waals surface area (Å²) in [4.78, 5) is 14.5. The first kappa shape index (κ1) is 15.3. The highest BCUT2D eigenvalue weighted by molar-refractivity contribution is 6.30. The Kier molecular flexibility index (Phi) is 5.51. The Morgan fingerprint density at radius 2 is 1.90 bits per heavy atom. The van der Waals surface area contributed by atoms with Crippen LogP contribution in [-0.4, -0.2) is 30.6 Å². The molecule has 2 rings (SSSR count). The van der Waals surface area contributed by atoms with Gasteiger partial charge < -0.3 is 19.8 Å². The lowest BCUT2D eigenvalue weighted by Crippen LogP contribution is -2.28. The third kappa shape index (κ3) is 4.72. The van der Waals surface area contributed by atoms with E-state index >= 15 is 0 Å². The normalized spacial score (nSPS) is 10.2. The van der Waals surface area contributed by atoms with Gasteiger partial charge in [-0.1, -0.05) is 11.6 Å². The lowest BCUT2D eigenvalue weighted by atomic mass is 10.3. The van der Waals surface area contributed by atoms with Crippen LogP contribution in [0.2, 0.25) is 5.02 Å². The Morgan fingerprint density at radius 1 is 1.24 bits per heavy atom. The summed E-state index contributed by atoms with van der Waals surface area (Å²) in [6, 6.07) is 8.93. The average Bonchev–Trinajstić information content (AvgIpc) is 2.92. The maximum absolute atomic E-state index is 11.7. The van der Waals surface area contributed by atoms with Crippen molar-refractivity contribution >= 4 is 17.5 Å². The van der Waals surface area contributed by atoms with E-state index in [1.807, 2.05) is 31.2 Å². The van der Waals surface area contributed by atoms with Crippen LogP contribution < -0.4 is 14.8 Å². The van der Waals surface area contributed by atoms with Crippen LogP contribution in [0.4, 0.5) is 0 Å². The van der Waals surface area contributed by atoms with Gasteiger partial charge in [-0.2, -0.15) is 0 Å². The zero-order chi connectivity index (χ0) is 15.1. The molecule has 0 atom stereocenters. The minimum Gasteiger partial charge on any atom is -0.494 e. The van der Waals surface area contributed by atoms with E-state index in [-0.39, 0.29) is 5.91 Å². The first-order valence-electron chi connectivity index (χ1n) is 6.67. The van der Waals surface area contributed by atoms with E-state index in [0.29, 0.717) is 30.5 Å². The molecule has 0 spiro atoms. The van der Waals surface area contributed by atoms with Crippen LogP contribution in [0.25, 0.3) is 0 Å². The average molecular weight is 309 g/mol. The van der Waals surface area contributed by atoms with Gasteiger partial charge in [0, 0.05) is 6.20 Å². The summed E-state index contributed by atoms with van der Waals surface area (Å²) >= 11 is 5.73. The van der Waals surface area contributed by atoms with E-state index in [1.54, 1.807) is 12.3 Å². The smallest absolute Gasteiger partial charge is 0.267 e. The monoisotopic (exact) mass is 308 g/mol. The maximum Gasteiger partial charge on any atom is 0.267 e. The van der Waals surface area contributed by atoms with Crippen LogP contribution in [0.5, 0.6) is 11.5 Å². The van der Waals surface area contributed by atoms with Crippen molar-refractivity contribution in [2.75, 3.05) is 19.8 Å². The Balaban J connectivity index is 1.70. The van der Waals surface area contributed by atoms with E-state index in [9.17, 15) is 4.79 Å². The van der Waals surface area contributed by atoms with Crippen LogP contribution in [0, 0.1) is 0 Å². The summed E-state index contributed by atoms with van der Waals surface area (Å²) in [6.07, 6.45) is 1.56. The SMILES string of the molecule is CCOc1ccc(OCCNC(=O)c2cc(Cl)c[nH]2)cc1. The van der Waals surface area contributed by atoms with Gasteiger partial charge in [-0.3, -0.25) is 4.79 Å². The second-order valence-electron chi connectivity index (χ2n) is 4.24. The van der Waals surface area contributed by atoms with Gasteiger partial charge in [0.15, 0.2) is 0 Å². The number of halogens is 1. The van der Waals surface area contributed by atoms with Gasteiger partial charge >= 0.3 is 0 Å². The van der Waals surface area contributed by atoms with Crippen molar-refractivity contribution < 1.29 is 14.3 Å². The Labute approximate surface area is 128 Å². The summed E-state index contributed by atoms with van der Waals surface area (Å²) in [5, 5.41) is 3.24. The molecule has 1 heterocycles. The molecule has 0 radical (unpaired) electrons. The number of hydrogen-bond donors (Lipinski definition) is 2. The molecule has 0 unspecified atom stereocenters. The first-order chi connectivity index (χ1) is 10.2. The number of nitrogens with one attached hydrogen (secondary N) is 2. The number of aromatic nitrogens is 1. The highest BCUT2D eigenvalue weighted by Gasteiger charge is 2.06. The molecular formula is C15H17ClN2O3. The largest absolute Gasteiger partial charge is 0.494 e. The fourth-order valence-corrected chi connectivity index (χ4v) is 1.89. The van der Waals surface area contributed by atoms with Gasteiger partial charge in [0.25, 0.3) is 5.91 Å². The predicted octanol–water partition coefficient (Wildman–Crippen LogP) is 2.88. The van der Waals surface area contributed by atoms with E-state index in [1.165, 1.54) is 0 Å². The van der Waals surface area contributed by atoms with E-state index in [2.05, 4.69) is 10.3 Å². The molecule has 0 aliphatic carbocycles. The fourth-order valence-electron chi connectivity index (χ4n) is 1.73. The topological polar surface area (TPSA) is 63.4 Å². The van der Waals surface area contributed by atoms with Crippen molar-refractivity contribution in [3.8, 4) is 11.5 Å². The third-order valence-electron chi connectivity index (χ3n) is 2.68. The number of aromatic amines is 1. The zero-order valence-electron chi connectivity index (χ0n) is 11.7. The van der Waals surface area contributed by atoms with Gasteiger partial charge in [-0.05, 0) is 37.3 Å². The summed E-state index contributed by atoms with van der Waals surface area (Å²) < 4.78 is 10.9. The van der Waals surface area contributed by atoms with E-state index in [0.717, 1.165) is 11.5 Å². The second-order valence-corrected chi connectivity index (χ2v) is 4.68. The molecule has 1 aromatic carbocycles. The first-order valence-corrected chi connectivity index (χ1v) is 7.04. The number of hydrogen-bond acceptors (Lipinski definition) is 3. The molecule has 6 heteroatoms. The molecule has 0 bridgehead atoms. The van der Waals surface area contributed by atoms with Gasteiger partial charge in [0.05, 0.1) is 18.2 Å². The van der Waals surface area contributed by atoms with Crippen LogP contribution >= 0.6 is 11.6 Å². The van der Waals surface area contributed by atoms with Crippen molar-refractivity contribution in [2.24, 2.45) is 0 Å². The van der Waals surface area contributed by atoms with Gasteiger partial charge in [-0.25, -0.2) is 0 Å². The highest BCUT2D eigenvalue weighted by atomic mass is 35.5. The Hall–Kier alpha value is -2.14. The van der Waals surface area contributed by atoms with Crippen molar-refractivity contribution in [3.05, 3.63) is 47.2 Å². The third-order valence-corrected chi connectivity index (χ3v) is 2.90. The van der Waals surface area contributed by atoms with E-state index in [4.69, 9.17) is 21.1 Å². The standard InChI is InChI=1S/C15H17ClN2O3/c1-2-20-12-3-5-13(6-4-12)21-8-7-17-15(19)14-9-11(16)10-18-14/h3-6,9-10,18H,2,7-8H2,1H3,(H,17,19). The second kappa shape index (κ2) is 7.59. The molecule has 1 amide bonds. The minimum absolute atomic E-state index is 0.211. The molecule has 2 aromatic rings. The van der Waals surface area contributed by atoms with Crippen molar-refractivity contribution in [1.82, 2.24) is 10.3 Å². The molecule has 2 N–H and O–H groups in total. The van der Waals surface area contributed by atoms with Crippen LogP contribution in [0.1, 0.15) is 17.4 Å². The lowest BCUT2D eigenvalue weighted by Gasteiger charge is -2.08. The number of carbonyl (C=O) groups excluding carboxylic acids is 1. The molecular weight excluding hydrogens is 292 g/mol. The van der Waals surface area contributed by atoms with Crippen molar-refractivity contribution in [1.29, 1.82) is 0 Å². The molecule has 21 heavy (non-hydrogen) atoms. The van der Waals surface area contributed by atoms with Crippen molar-refractivity contribution in [2.45, 2.75) is 6.92 Å². The molecule has 0 aliphatic rings. The van der Waals surface area contributed by atoms with Crippen LogP contribution in [0.15, 0.2) is 36.5 Å². The quantitative estimate of drug-likeness (QED) is 0.773. The molecule has 0 aliphatic heterocycles.